The molecule has 2 heteroatoms. The van der Waals surface area contributed by atoms with Crippen LogP contribution in [0.2, 0.25) is 0 Å². The standard InChI is InChI=1S/C15H28N2/c16-7-1-3-15-4-2-8-17(15)11-14-10-12-5-6-13(14)9-12/h12-15H,1-11,16H2. The van der Waals surface area contributed by atoms with Crippen molar-refractivity contribution in [1.82, 2.24) is 4.90 Å². The monoisotopic (exact) mass is 236 g/mol. The quantitative estimate of drug-likeness (QED) is 0.795. The maximum absolute atomic E-state index is 5.65. The predicted molar refractivity (Wildman–Crippen MR) is 71.8 cm³/mol. The number of rotatable bonds is 5. The molecule has 1 heterocycles. The van der Waals surface area contributed by atoms with Gasteiger partial charge in [-0.15, -0.1) is 0 Å². The van der Waals surface area contributed by atoms with Gasteiger partial charge in [-0.25, -0.2) is 0 Å². The van der Waals surface area contributed by atoms with Gasteiger partial charge in [-0.05, 0) is 75.8 Å². The Bertz CT molecular complexity index is 253. The topological polar surface area (TPSA) is 29.3 Å². The minimum atomic E-state index is 0.873. The number of nitrogens with two attached hydrogens (primary N) is 1. The number of nitrogens with zero attached hydrogens (tertiary/aromatic N) is 1. The lowest BCUT2D eigenvalue weighted by molar-refractivity contribution is 0.171. The van der Waals surface area contributed by atoms with Crippen molar-refractivity contribution >= 4 is 0 Å². The summed E-state index contributed by atoms with van der Waals surface area (Å²) in [5.74, 6) is 3.25. The maximum atomic E-state index is 5.65. The highest BCUT2D eigenvalue weighted by molar-refractivity contribution is 4.93. The Morgan fingerprint density at radius 1 is 1.12 bits per heavy atom. The molecule has 0 radical (unpaired) electrons. The number of likely N-dealkylation sites (tertiary alicyclic amines) is 1. The molecule has 2 nitrogen and oxygen atoms in total. The van der Waals surface area contributed by atoms with E-state index < -0.39 is 0 Å². The SMILES string of the molecule is NCCCC1CCCN1CC1CC2CCC1C2. The van der Waals surface area contributed by atoms with Crippen LogP contribution in [0.1, 0.15) is 51.4 Å². The summed E-state index contributed by atoms with van der Waals surface area (Å²) >= 11 is 0. The molecule has 4 unspecified atom stereocenters. The number of hydrogen-bond acceptors (Lipinski definition) is 2. The summed E-state index contributed by atoms with van der Waals surface area (Å²) in [7, 11) is 0. The fourth-order valence-corrected chi connectivity index (χ4v) is 4.72. The van der Waals surface area contributed by atoms with E-state index in [1.165, 1.54) is 51.6 Å². The van der Waals surface area contributed by atoms with E-state index in [9.17, 15) is 0 Å². The van der Waals surface area contributed by atoms with E-state index >= 15 is 0 Å². The second-order valence-corrected chi connectivity index (χ2v) is 6.66. The van der Waals surface area contributed by atoms with Crippen LogP contribution in [0.25, 0.3) is 0 Å². The predicted octanol–water partition coefficient (Wildman–Crippen LogP) is 2.63. The van der Waals surface area contributed by atoms with Crippen molar-refractivity contribution in [2.24, 2.45) is 23.5 Å². The highest BCUT2D eigenvalue weighted by Crippen LogP contribution is 2.48. The fraction of sp³-hybridized carbons (Fsp3) is 1.00. The van der Waals surface area contributed by atoms with Crippen LogP contribution in [-0.4, -0.2) is 30.6 Å². The molecular formula is C15H28N2. The summed E-state index contributed by atoms with van der Waals surface area (Å²) in [4.78, 5) is 2.81. The molecule has 4 atom stereocenters. The molecule has 1 saturated heterocycles. The van der Waals surface area contributed by atoms with Crippen LogP contribution in [0.15, 0.2) is 0 Å². The lowest BCUT2D eigenvalue weighted by Crippen LogP contribution is -2.36. The van der Waals surface area contributed by atoms with Crippen molar-refractivity contribution in [3.8, 4) is 0 Å². The number of hydrogen-bond donors (Lipinski definition) is 1. The first-order valence-electron chi connectivity index (χ1n) is 7.81. The minimum Gasteiger partial charge on any atom is -0.330 e. The van der Waals surface area contributed by atoms with Crippen LogP contribution < -0.4 is 5.73 Å². The first-order valence-corrected chi connectivity index (χ1v) is 7.81. The molecular weight excluding hydrogens is 208 g/mol. The van der Waals surface area contributed by atoms with Crippen LogP contribution in [0.4, 0.5) is 0 Å². The van der Waals surface area contributed by atoms with Gasteiger partial charge >= 0.3 is 0 Å². The van der Waals surface area contributed by atoms with Gasteiger partial charge in [0.25, 0.3) is 0 Å². The Kier molecular flexibility index (Phi) is 3.72. The average Bonchev–Trinajstić information content (AvgIpc) is 3.02. The van der Waals surface area contributed by atoms with Gasteiger partial charge in [0, 0.05) is 12.6 Å². The van der Waals surface area contributed by atoms with E-state index in [2.05, 4.69) is 4.90 Å². The Morgan fingerprint density at radius 2 is 2.06 bits per heavy atom. The molecule has 0 aromatic carbocycles. The molecule has 3 fully saturated rings. The molecule has 0 amide bonds. The summed E-state index contributed by atoms with van der Waals surface area (Å²) in [5, 5.41) is 0. The molecule has 98 valence electrons. The van der Waals surface area contributed by atoms with Crippen molar-refractivity contribution in [3.05, 3.63) is 0 Å². The van der Waals surface area contributed by atoms with E-state index in [-0.39, 0.29) is 0 Å². The van der Waals surface area contributed by atoms with Crippen molar-refractivity contribution in [2.45, 2.75) is 57.4 Å². The van der Waals surface area contributed by atoms with E-state index in [1.807, 2.05) is 0 Å². The molecule has 1 aliphatic heterocycles. The van der Waals surface area contributed by atoms with Gasteiger partial charge in [0.1, 0.15) is 0 Å². The third-order valence-corrected chi connectivity index (χ3v) is 5.59. The van der Waals surface area contributed by atoms with Gasteiger partial charge in [-0.3, -0.25) is 0 Å². The van der Waals surface area contributed by atoms with E-state index in [1.54, 1.807) is 12.8 Å². The molecule has 0 aromatic heterocycles. The molecule has 2 aliphatic carbocycles. The lowest BCUT2D eigenvalue weighted by Gasteiger charge is -2.31. The summed E-state index contributed by atoms with van der Waals surface area (Å²) in [6.07, 6.45) is 11.6. The van der Waals surface area contributed by atoms with Gasteiger partial charge < -0.3 is 10.6 Å². The second kappa shape index (κ2) is 5.27. The smallest absolute Gasteiger partial charge is 0.00963 e. The molecule has 2 saturated carbocycles. The third kappa shape index (κ3) is 2.53. The molecule has 3 rings (SSSR count). The first-order chi connectivity index (χ1) is 8.36. The van der Waals surface area contributed by atoms with Crippen molar-refractivity contribution in [3.63, 3.8) is 0 Å². The zero-order valence-electron chi connectivity index (χ0n) is 11.1. The Labute approximate surface area is 106 Å². The van der Waals surface area contributed by atoms with Crippen molar-refractivity contribution in [1.29, 1.82) is 0 Å². The lowest BCUT2D eigenvalue weighted by atomic mass is 9.88. The van der Waals surface area contributed by atoms with Crippen molar-refractivity contribution in [2.75, 3.05) is 19.6 Å². The zero-order chi connectivity index (χ0) is 11.7. The third-order valence-electron chi connectivity index (χ3n) is 5.59. The van der Waals surface area contributed by atoms with Crippen molar-refractivity contribution < 1.29 is 0 Å². The van der Waals surface area contributed by atoms with Crippen LogP contribution in [0, 0.1) is 17.8 Å². The molecule has 3 aliphatic rings. The van der Waals surface area contributed by atoms with E-state index in [0.717, 1.165) is 30.3 Å². The molecule has 2 bridgehead atoms. The average molecular weight is 236 g/mol. The van der Waals surface area contributed by atoms with Crippen LogP contribution in [0.5, 0.6) is 0 Å². The second-order valence-electron chi connectivity index (χ2n) is 6.66. The Morgan fingerprint density at radius 3 is 2.76 bits per heavy atom. The van der Waals surface area contributed by atoms with Gasteiger partial charge in [0.05, 0.1) is 0 Å². The van der Waals surface area contributed by atoms with E-state index in [4.69, 9.17) is 5.73 Å². The van der Waals surface area contributed by atoms with Gasteiger partial charge in [-0.1, -0.05) is 6.42 Å². The molecule has 2 N–H and O–H groups in total. The number of fused-ring (bicyclic) bond motifs is 2. The minimum absolute atomic E-state index is 0.873. The van der Waals surface area contributed by atoms with Gasteiger partial charge in [-0.2, -0.15) is 0 Å². The van der Waals surface area contributed by atoms with Crippen LogP contribution in [-0.2, 0) is 0 Å². The summed E-state index contributed by atoms with van der Waals surface area (Å²) in [6, 6.07) is 0.873. The highest BCUT2D eigenvalue weighted by atomic mass is 15.2. The Hall–Kier alpha value is -0.0800. The maximum Gasteiger partial charge on any atom is 0.00963 e. The van der Waals surface area contributed by atoms with Crippen LogP contribution in [0.3, 0.4) is 0 Å². The fourth-order valence-electron chi connectivity index (χ4n) is 4.72. The molecule has 0 spiro atoms. The normalized spacial score (nSPS) is 41.5. The summed E-state index contributed by atoms with van der Waals surface area (Å²) < 4.78 is 0. The molecule has 0 aromatic rings. The first kappa shape index (κ1) is 12.0. The highest BCUT2D eigenvalue weighted by Gasteiger charge is 2.41. The Balaban J connectivity index is 1.50. The van der Waals surface area contributed by atoms with E-state index in [0.29, 0.717) is 0 Å². The van der Waals surface area contributed by atoms with Crippen LogP contribution >= 0.6 is 0 Å². The van der Waals surface area contributed by atoms with Gasteiger partial charge in [0.2, 0.25) is 0 Å². The zero-order valence-corrected chi connectivity index (χ0v) is 11.1. The molecule has 17 heavy (non-hydrogen) atoms. The largest absolute Gasteiger partial charge is 0.330 e. The van der Waals surface area contributed by atoms with Gasteiger partial charge in [0.15, 0.2) is 0 Å². The summed E-state index contributed by atoms with van der Waals surface area (Å²) in [6.45, 7) is 3.65. The summed E-state index contributed by atoms with van der Waals surface area (Å²) in [5.41, 5.74) is 5.65.